The minimum atomic E-state index is -0.361. The lowest BCUT2D eigenvalue weighted by Gasteiger charge is -2.20. The van der Waals surface area contributed by atoms with Gasteiger partial charge in [-0.25, -0.2) is 0 Å². The average molecular weight is 295 g/mol. The van der Waals surface area contributed by atoms with Crippen LogP contribution in [0.15, 0.2) is 18.2 Å². The predicted molar refractivity (Wildman–Crippen MR) is 86.1 cm³/mol. The molecule has 6 nitrogen and oxygen atoms in total. The number of hydrogen-bond donors (Lipinski definition) is 2. The van der Waals surface area contributed by atoms with Crippen LogP contribution in [0.2, 0.25) is 0 Å². The molecule has 0 aliphatic carbocycles. The first-order valence-electron chi connectivity index (χ1n) is 7.43. The summed E-state index contributed by atoms with van der Waals surface area (Å²) in [7, 11) is 1.93. The van der Waals surface area contributed by atoms with Crippen LogP contribution in [0.5, 0.6) is 0 Å². The third-order valence-electron chi connectivity index (χ3n) is 3.28. The van der Waals surface area contributed by atoms with Crippen molar-refractivity contribution in [1.29, 1.82) is 0 Å². The highest BCUT2D eigenvalue weighted by molar-refractivity contribution is 5.64. The Hall–Kier alpha value is -1.82. The number of nitro groups is 1. The molecular weight excluding hydrogens is 270 g/mol. The lowest BCUT2D eigenvalue weighted by Crippen LogP contribution is -2.19. The smallest absolute Gasteiger partial charge is 0.273 e. The monoisotopic (exact) mass is 295 g/mol. The van der Waals surface area contributed by atoms with Crippen molar-refractivity contribution >= 4 is 17.1 Å². The second-order valence-corrected chi connectivity index (χ2v) is 5.13. The number of unbranched alkanes of at least 4 members (excludes halogenated alkanes) is 2. The Morgan fingerprint density at radius 2 is 2.05 bits per heavy atom. The largest absolute Gasteiger partial charge is 0.396 e. The molecule has 0 radical (unpaired) electrons. The summed E-state index contributed by atoms with van der Waals surface area (Å²) in [5.41, 5.74) is 1.73. The number of non-ortho nitro benzene ring substituents is 1. The molecule has 0 fully saturated rings. The van der Waals surface area contributed by atoms with E-state index in [-0.39, 0.29) is 17.2 Å². The Morgan fingerprint density at radius 3 is 2.67 bits per heavy atom. The Morgan fingerprint density at radius 1 is 1.29 bits per heavy atom. The van der Waals surface area contributed by atoms with E-state index in [1.165, 1.54) is 0 Å². The topological polar surface area (TPSA) is 78.6 Å². The zero-order valence-corrected chi connectivity index (χ0v) is 12.8. The van der Waals surface area contributed by atoms with Crippen molar-refractivity contribution in [2.24, 2.45) is 0 Å². The molecule has 0 unspecified atom stereocenters. The van der Waals surface area contributed by atoms with Crippen LogP contribution in [0, 0.1) is 10.1 Å². The van der Waals surface area contributed by atoms with Gasteiger partial charge >= 0.3 is 0 Å². The maximum absolute atomic E-state index is 11.0. The molecule has 118 valence electrons. The maximum atomic E-state index is 11.0. The van der Waals surface area contributed by atoms with E-state index in [0.29, 0.717) is 0 Å². The number of aliphatic hydroxyl groups excluding tert-OH is 1. The number of aliphatic hydroxyl groups is 1. The molecule has 2 N–H and O–H groups in total. The fourth-order valence-electron chi connectivity index (χ4n) is 2.06. The van der Waals surface area contributed by atoms with Crippen molar-refractivity contribution in [3.05, 3.63) is 28.3 Å². The minimum Gasteiger partial charge on any atom is -0.396 e. The molecule has 0 saturated heterocycles. The Kier molecular flexibility index (Phi) is 7.53. The molecule has 1 aromatic carbocycles. The van der Waals surface area contributed by atoms with Crippen molar-refractivity contribution in [3.63, 3.8) is 0 Å². The van der Waals surface area contributed by atoms with E-state index in [0.717, 1.165) is 50.1 Å². The number of nitrogens with zero attached hydrogens (tertiary/aromatic N) is 2. The van der Waals surface area contributed by atoms with E-state index in [1.807, 2.05) is 18.0 Å². The summed E-state index contributed by atoms with van der Waals surface area (Å²) in [6, 6.07) is 5.11. The van der Waals surface area contributed by atoms with Gasteiger partial charge in [-0.3, -0.25) is 10.1 Å². The summed E-state index contributed by atoms with van der Waals surface area (Å²) < 4.78 is 0. The zero-order valence-electron chi connectivity index (χ0n) is 12.8. The highest BCUT2D eigenvalue weighted by atomic mass is 16.6. The van der Waals surface area contributed by atoms with Crippen LogP contribution >= 0.6 is 0 Å². The van der Waals surface area contributed by atoms with Crippen LogP contribution in [0.1, 0.15) is 32.6 Å². The van der Waals surface area contributed by atoms with E-state index >= 15 is 0 Å². The van der Waals surface area contributed by atoms with Crippen molar-refractivity contribution in [2.75, 3.05) is 37.0 Å². The van der Waals surface area contributed by atoms with Gasteiger partial charge in [-0.05, 0) is 31.7 Å². The predicted octanol–water partition coefficient (Wildman–Crippen LogP) is 3.02. The molecule has 1 rings (SSSR count). The second-order valence-electron chi connectivity index (χ2n) is 5.13. The summed E-state index contributed by atoms with van der Waals surface area (Å²) in [6.07, 6.45) is 3.68. The van der Waals surface area contributed by atoms with E-state index in [4.69, 9.17) is 5.11 Å². The van der Waals surface area contributed by atoms with Gasteiger partial charge in [-0.2, -0.15) is 0 Å². The first-order valence-corrected chi connectivity index (χ1v) is 7.43. The molecule has 0 aliphatic rings. The Bertz CT molecular complexity index is 452. The van der Waals surface area contributed by atoms with Crippen LogP contribution in [-0.2, 0) is 0 Å². The number of nitrogens with one attached hydrogen (secondary N) is 1. The molecule has 0 aliphatic heterocycles. The standard InChI is InChI=1S/C15H25N3O3/c1-3-7-16-13-10-14(12-15(11-13)18(20)21)17(2)8-5-4-6-9-19/h10-12,16,19H,3-9H2,1-2H3. The highest BCUT2D eigenvalue weighted by Gasteiger charge is 2.12. The second kappa shape index (κ2) is 9.18. The van der Waals surface area contributed by atoms with Gasteiger partial charge in [0.25, 0.3) is 5.69 Å². The third-order valence-corrected chi connectivity index (χ3v) is 3.28. The van der Waals surface area contributed by atoms with Crippen molar-refractivity contribution in [2.45, 2.75) is 32.6 Å². The van der Waals surface area contributed by atoms with Crippen LogP contribution in [0.3, 0.4) is 0 Å². The Balaban J connectivity index is 2.78. The summed E-state index contributed by atoms with van der Waals surface area (Å²) in [5, 5.41) is 23.0. The molecular formula is C15H25N3O3. The van der Waals surface area contributed by atoms with Gasteiger partial charge < -0.3 is 15.3 Å². The number of nitro benzene ring substituents is 1. The van der Waals surface area contributed by atoms with E-state index < -0.39 is 0 Å². The molecule has 0 atom stereocenters. The first kappa shape index (κ1) is 17.2. The van der Waals surface area contributed by atoms with Crippen molar-refractivity contribution in [3.8, 4) is 0 Å². The van der Waals surface area contributed by atoms with Gasteiger partial charge in [0.2, 0.25) is 0 Å². The average Bonchev–Trinajstić information content (AvgIpc) is 2.49. The number of rotatable bonds is 10. The molecule has 6 heteroatoms. The zero-order chi connectivity index (χ0) is 15.7. The van der Waals surface area contributed by atoms with Gasteiger partial charge in [0.1, 0.15) is 0 Å². The van der Waals surface area contributed by atoms with E-state index in [9.17, 15) is 10.1 Å². The third kappa shape index (κ3) is 5.99. The maximum Gasteiger partial charge on any atom is 0.273 e. The summed E-state index contributed by atoms with van der Waals surface area (Å²) >= 11 is 0. The summed E-state index contributed by atoms with van der Waals surface area (Å²) in [4.78, 5) is 12.7. The van der Waals surface area contributed by atoms with E-state index in [1.54, 1.807) is 12.1 Å². The minimum absolute atomic E-state index is 0.105. The van der Waals surface area contributed by atoms with Crippen molar-refractivity contribution < 1.29 is 10.0 Å². The fourth-order valence-corrected chi connectivity index (χ4v) is 2.06. The molecule has 1 aromatic rings. The number of benzene rings is 1. The molecule has 0 amide bonds. The SMILES string of the molecule is CCCNc1cc(N(C)CCCCCO)cc([N+](=O)[O-])c1. The quantitative estimate of drug-likeness (QED) is 0.394. The molecule has 0 aromatic heterocycles. The molecule has 0 spiro atoms. The van der Waals surface area contributed by atoms with Crippen molar-refractivity contribution in [1.82, 2.24) is 0 Å². The van der Waals surface area contributed by atoms with Gasteiger partial charge in [0.15, 0.2) is 0 Å². The summed E-state index contributed by atoms with van der Waals surface area (Å²) in [6.45, 7) is 3.87. The molecule has 0 bridgehead atoms. The lowest BCUT2D eigenvalue weighted by molar-refractivity contribution is -0.384. The fraction of sp³-hybridized carbons (Fsp3) is 0.600. The van der Waals surface area contributed by atoms with Crippen LogP contribution in [0.4, 0.5) is 17.1 Å². The summed E-state index contributed by atoms with van der Waals surface area (Å²) in [5.74, 6) is 0. The van der Waals surface area contributed by atoms with Gasteiger partial charge in [-0.1, -0.05) is 6.92 Å². The van der Waals surface area contributed by atoms with Crippen LogP contribution < -0.4 is 10.2 Å². The lowest BCUT2D eigenvalue weighted by atomic mass is 10.2. The van der Waals surface area contributed by atoms with Gasteiger partial charge in [0, 0.05) is 50.3 Å². The highest BCUT2D eigenvalue weighted by Crippen LogP contribution is 2.26. The Labute approximate surface area is 125 Å². The normalized spacial score (nSPS) is 10.4. The number of anilines is 2. The van der Waals surface area contributed by atoms with Crippen LogP contribution in [0.25, 0.3) is 0 Å². The van der Waals surface area contributed by atoms with Gasteiger partial charge in [0.05, 0.1) is 4.92 Å². The molecule has 0 saturated carbocycles. The van der Waals surface area contributed by atoms with Gasteiger partial charge in [-0.15, -0.1) is 0 Å². The first-order chi connectivity index (χ1) is 10.1. The number of hydrogen-bond acceptors (Lipinski definition) is 5. The molecule has 0 heterocycles. The molecule has 21 heavy (non-hydrogen) atoms. The van der Waals surface area contributed by atoms with Crippen LogP contribution in [-0.4, -0.2) is 36.8 Å². The van der Waals surface area contributed by atoms with E-state index in [2.05, 4.69) is 12.2 Å².